The Labute approximate surface area is 173 Å². The van der Waals surface area contributed by atoms with Crippen LogP contribution >= 0.6 is 0 Å². The predicted octanol–water partition coefficient (Wildman–Crippen LogP) is 3.56. The molecule has 1 amide bonds. The second-order valence-corrected chi connectivity index (χ2v) is 7.51. The lowest BCUT2D eigenvalue weighted by Crippen LogP contribution is -2.37. The van der Waals surface area contributed by atoms with E-state index in [1.807, 2.05) is 25.1 Å². The summed E-state index contributed by atoms with van der Waals surface area (Å²) in [6.45, 7) is 2.85. The number of benzene rings is 2. The fourth-order valence-corrected chi connectivity index (χ4v) is 3.94. The first-order valence-corrected chi connectivity index (χ1v) is 10.0. The fraction of sp³-hybridized carbons (Fsp3) is 0.304. The van der Waals surface area contributed by atoms with E-state index >= 15 is 0 Å². The molecular weight excluding hydrogens is 387 g/mol. The van der Waals surface area contributed by atoms with Gasteiger partial charge in [-0.1, -0.05) is 31.5 Å². The molecule has 0 aromatic heterocycles. The van der Waals surface area contributed by atoms with Crippen molar-refractivity contribution in [2.75, 3.05) is 11.9 Å². The molecule has 156 valence electrons. The molecule has 2 aromatic carbocycles. The van der Waals surface area contributed by atoms with Crippen LogP contribution in [0.4, 0.5) is 10.1 Å². The monoisotopic (exact) mass is 410 g/mol. The third kappa shape index (κ3) is 3.80. The number of aliphatic carboxylic acids is 1. The summed E-state index contributed by atoms with van der Waals surface area (Å²) in [5, 5.41) is 15.1. The van der Waals surface area contributed by atoms with Gasteiger partial charge in [0.2, 0.25) is 0 Å². The Hall–Kier alpha value is -3.19. The summed E-state index contributed by atoms with van der Waals surface area (Å²) in [5.41, 5.74) is 4.26. The van der Waals surface area contributed by atoms with Gasteiger partial charge in [-0.25, -0.2) is 4.39 Å². The van der Waals surface area contributed by atoms with Crippen LogP contribution in [0.1, 0.15) is 42.0 Å². The normalized spacial score (nSPS) is 17.9. The zero-order valence-electron chi connectivity index (χ0n) is 16.6. The first kappa shape index (κ1) is 20.1. The van der Waals surface area contributed by atoms with Gasteiger partial charge < -0.3 is 20.5 Å². The quantitative estimate of drug-likeness (QED) is 0.608. The third-order valence-electron chi connectivity index (χ3n) is 5.42. The SMILES string of the molecule is CCC[C@H](NCCc1ccc2c(c1)CO/C2=C1/C(=O)Nc2ccc(F)cc21)C(=O)O. The van der Waals surface area contributed by atoms with E-state index in [1.165, 1.54) is 12.1 Å². The summed E-state index contributed by atoms with van der Waals surface area (Å²) in [7, 11) is 0. The Balaban J connectivity index is 1.54. The second-order valence-electron chi connectivity index (χ2n) is 7.51. The van der Waals surface area contributed by atoms with Gasteiger partial charge in [0.05, 0.1) is 5.57 Å². The average molecular weight is 410 g/mol. The van der Waals surface area contributed by atoms with Gasteiger partial charge in [-0.05, 0) is 43.1 Å². The third-order valence-corrected chi connectivity index (χ3v) is 5.42. The van der Waals surface area contributed by atoms with E-state index in [0.29, 0.717) is 48.6 Å². The Morgan fingerprint density at radius 2 is 2.10 bits per heavy atom. The number of ether oxygens (including phenoxy) is 1. The summed E-state index contributed by atoms with van der Waals surface area (Å²) in [6.07, 6.45) is 2.08. The molecule has 0 spiro atoms. The molecule has 0 radical (unpaired) electrons. The van der Waals surface area contributed by atoms with Crippen LogP contribution in [0.25, 0.3) is 11.3 Å². The van der Waals surface area contributed by atoms with Crippen LogP contribution in [0, 0.1) is 5.82 Å². The number of carboxylic acids is 1. The molecule has 2 aromatic rings. The first-order valence-electron chi connectivity index (χ1n) is 10.0. The number of nitrogens with one attached hydrogen (secondary N) is 2. The zero-order chi connectivity index (χ0) is 21.3. The Bertz CT molecular complexity index is 1050. The van der Waals surface area contributed by atoms with Crippen molar-refractivity contribution in [2.24, 2.45) is 0 Å². The minimum atomic E-state index is -0.831. The largest absolute Gasteiger partial charge is 0.487 e. The van der Waals surface area contributed by atoms with Crippen molar-refractivity contribution in [1.82, 2.24) is 5.32 Å². The summed E-state index contributed by atoms with van der Waals surface area (Å²) < 4.78 is 19.6. The van der Waals surface area contributed by atoms with E-state index in [2.05, 4.69) is 10.6 Å². The molecular formula is C23H23FN2O4. The van der Waals surface area contributed by atoms with Crippen LogP contribution in [0.5, 0.6) is 0 Å². The Morgan fingerprint density at radius 3 is 2.87 bits per heavy atom. The summed E-state index contributed by atoms with van der Waals surface area (Å²) >= 11 is 0. The molecule has 30 heavy (non-hydrogen) atoms. The van der Waals surface area contributed by atoms with E-state index in [4.69, 9.17) is 4.74 Å². The number of halogens is 1. The van der Waals surface area contributed by atoms with Gasteiger partial charge >= 0.3 is 5.97 Å². The minimum absolute atomic E-state index is 0.303. The molecule has 0 unspecified atom stereocenters. The van der Waals surface area contributed by atoms with Crippen molar-refractivity contribution in [3.63, 3.8) is 0 Å². The van der Waals surface area contributed by atoms with Crippen molar-refractivity contribution in [2.45, 2.75) is 38.8 Å². The van der Waals surface area contributed by atoms with Crippen LogP contribution in [0.2, 0.25) is 0 Å². The van der Waals surface area contributed by atoms with Crippen molar-refractivity contribution < 1.29 is 23.8 Å². The number of carboxylic acid groups (broad SMARTS) is 1. The van der Waals surface area contributed by atoms with Crippen LogP contribution < -0.4 is 10.6 Å². The van der Waals surface area contributed by atoms with Gasteiger partial charge in [0.25, 0.3) is 5.91 Å². The molecule has 0 fully saturated rings. The fourth-order valence-electron chi connectivity index (χ4n) is 3.94. The lowest BCUT2D eigenvalue weighted by molar-refractivity contribution is -0.139. The van der Waals surface area contributed by atoms with Gasteiger partial charge in [-0.2, -0.15) is 0 Å². The second kappa shape index (κ2) is 8.28. The number of carbonyl (C=O) groups excluding carboxylic acids is 1. The molecule has 3 N–H and O–H groups in total. The number of carbonyl (C=O) groups is 2. The van der Waals surface area contributed by atoms with E-state index in [1.54, 1.807) is 6.07 Å². The molecule has 2 aliphatic rings. The highest BCUT2D eigenvalue weighted by molar-refractivity contribution is 6.36. The summed E-state index contributed by atoms with van der Waals surface area (Å²) in [4.78, 5) is 23.7. The van der Waals surface area contributed by atoms with E-state index in [9.17, 15) is 19.1 Å². The van der Waals surface area contributed by atoms with Crippen molar-refractivity contribution in [1.29, 1.82) is 0 Å². The molecule has 2 aliphatic heterocycles. The minimum Gasteiger partial charge on any atom is -0.487 e. The van der Waals surface area contributed by atoms with Gasteiger partial charge in [0.1, 0.15) is 24.2 Å². The lowest BCUT2D eigenvalue weighted by atomic mass is 9.98. The van der Waals surface area contributed by atoms with E-state index in [-0.39, 0.29) is 5.91 Å². The number of hydrogen-bond donors (Lipinski definition) is 3. The van der Waals surface area contributed by atoms with Crippen molar-refractivity contribution >= 4 is 28.9 Å². The van der Waals surface area contributed by atoms with E-state index < -0.39 is 17.8 Å². The standard InChI is InChI=1S/C23H23FN2O4/c1-2-3-19(23(28)29)25-9-8-13-4-6-16-14(10-13)12-30-21(16)20-17-11-15(24)5-7-18(17)26-22(20)27/h4-7,10-11,19,25H,2-3,8-9,12H2,1H3,(H,26,27)(H,28,29)/b21-20+/t19-/m0/s1. The lowest BCUT2D eigenvalue weighted by Gasteiger charge is -2.13. The van der Waals surface area contributed by atoms with Crippen LogP contribution in [-0.4, -0.2) is 29.6 Å². The van der Waals surface area contributed by atoms with Crippen LogP contribution in [0.15, 0.2) is 36.4 Å². The maximum Gasteiger partial charge on any atom is 0.320 e. The highest BCUT2D eigenvalue weighted by Crippen LogP contribution is 2.41. The molecule has 0 saturated carbocycles. The number of hydrogen-bond acceptors (Lipinski definition) is 4. The molecule has 2 heterocycles. The number of amides is 1. The molecule has 0 bridgehead atoms. The molecule has 1 atom stereocenters. The Kier molecular flexibility index (Phi) is 5.55. The summed E-state index contributed by atoms with van der Waals surface area (Å²) in [6, 6.07) is 9.53. The topological polar surface area (TPSA) is 87.7 Å². The summed E-state index contributed by atoms with van der Waals surface area (Å²) in [5.74, 6) is -1.08. The van der Waals surface area contributed by atoms with Crippen LogP contribution in [0.3, 0.4) is 0 Å². The zero-order valence-corrected chi connectivity index (χ0v) is 16.6. The van der Waals surface area contributed by atoms with Gasteiger partial charge in [-0.15, -0.1) is 0 Å². The van der Waals surface area contributed by atoms with Gasteiger partial charge in [0.15, 0.2) is 0 Å². The maximum atomic E-state index is 13.7. The number of rotatable bonds is 7. The van der Waals surface area contributed by atoms with Gasteiger partial charge in [-0.3, -0.25) is 9.59 Å². The number of anilines is 1. The number of fused-ring (bicyclic) bond motifs is 2. The molecule has 0 saturated heterocycles. The maximum absolute atomic E-state index is 13.7. The van der Waals surface area contributed by atoms with Gasteiger partial charge in [0, 0.05) is 22.4 Å². The first-order chi connectivity index (χ1) is 14.5. The highest BCUT2D eigenvalue weighted by Gasteiger charge is 2.32. The Morgan fingerprint density at radius 1 is 1.27 bits per heavy atom. The van der Waals surface area contributed by atoms with Crippen LogP contribution in [-0.2, 0) is 27.4 Å². The molecule has 7 heteroatoms. The van der Waals surface area contributed by atoms with Crippen molar-refractivity contribution in [3.05, 3.63) is 64.5 Å². The molecule has 0 aliphatic carbocycles. The average Bonchev–Trinajstić information content (AvgIpc) is 3.26. The van der Waals surface area contributed by atoms with Crippen molar-refractivity contribution in [3.8, 4) is 0 Å². The van der Waals surface area contributed by atoms with E-state index in [0.717, 1.165) is 23.1 Å². The molecule has 4 rings (SSSR count). The smallest absolute Gasteiger partial charge is 0.320 e. The molecule has 6 nitrogen and oxygen atoms in total. The highest BCUT2D eigenvalue weighted by atomic mass is 19.1. The predicted molar refractivity (Wildman–Crippen MR) is 111 cm³/mol.